The predicted octanol–water partition coefficient (Wildman–Crippen LogP) is 0.769. The van der Waals surface area contributed by atoms with Gasteiger partial charge in [0.1, 0.15) is 5.60 Å². The van der Waals surface area contributed by atoms with Gasteiger partial charge in [-0.3, -0.25) is 4.79 Å². The molecule has 0 bridgehead atoms. The van der Waals surface area contributed by atoms with Crippen LogP contribution in [0, 0.1) is 0 Å². The second-order valence-corrected chi connectivity index (χ2v) is 5.72. The van der Waals surface area contributed by atoms with Crippen molar-refractivity contribution in [3.8, 4) is 0 Å². The second-order valence-electron chi connectivity index (χ2n) is 5.72. The van der Waals surface area contributed by atoms with Crippen LogP contribution in [0.25, 0.3) is 0 Å². The third kappa shape index (κ3) is 7.00. The molecule has 1 aliphatic heterocycles. The molecule has 1 rings (SSSR count). The molecule has 0 aromatic heterocycles. The maximum Gasteiger partial charge on any atom is 0.407 e. The van der Waals surface area contributed by atoms with E-state index in [1.165, 1.54) is 0 Å². The summed E-state index contributed by atoms with van der Waals surface area (Å²) in [6.45, 7) is 7.21. The number of ether oxygens (including phenoxy) is 1. The summed E-state index contributed by atoms with van der Waals surface area (Å²) in [5.74, 6) is 0.0507. The number of rotatable bonds is 4. The number of amides is 2. The molecule has 0 spiro atoms. The molecule has 0 aromatic carbocycles. The zero-order valence-electron chi connectivity index (χ0n) is 12.0. The van der Waals surface area contributed by atoms with Gasteiger partial charge in [0.2, 0.25) is 5.91 Å². The summed E-state index contributed by atoms with van der Waals surface area (Å²) in [6.07, 6.45) is 2.48. The van der Waals surface area contributed by atoms with Crippen LogP contribution in [0.1, 0.15) is 40.0 Å². The number of alkyl carbamates (subject to hydrolysis) is 1. The standard InChI is InChI=1S/C13H25N3O3/c1-13(2,3)19-12(18)16-9-8-14-10-6-4-5-7-15-11(10)17/h10,14H,4-9H2,1-3H3,(H,15,17)(H,16,18). The minimum Gasteiger partial charge on any atom is -0.444 e. The van der Waals surface area contributed by atoms with Crippen LogP contribution in [0.3, 0.4) is 0 Å². The molecule has 2 amide bonds. The van der Waals surface area contributed by atoms with Crippen LogP contribution in [0.15, 0.2) is 0 Å². The molecule has 1 heterocycles. The van der Waals surface area contributed by atoms with Gasteiger partial charge in [-0.2, -0.15) is 0 Å². The topological polar surface area (TPSA) is 79.5 Å². The molecule has 1 fully saturated rings. The maximum atomic E-state index is 11.6. The molecule has 0 aromatic rings. The lowest BCUT2D eigenvalue weighted by atomic mass is 10.1. The van der Waals surface area contributed by atoms with Gasteiger partial charge in [0.05, 0.1) is 6.04 Å². The van der Waals surface area contributed by atoms with E-state index in [1.807, 2.05) is 20.8 Å². The Hall–Kier alpha value is -1.30. The van der Waals surface area contributed by atoms with Crippen molar-refractivity contribution in [3.63, 3.8) is 0 Å². The molecule has 1 atom stereocenters. The highest BCUT2D eigenvalue weighted by Gasteiger charge is 2.20. The minimum atomic E-state index is -0.487. The Morgan fingerprint density at radius 2 is 2.11 bits per heavy atom. The Bertz CT molecular complexity index is 313. The number of nitrogens with one attached hydrogen (secondary N) is 3. The number of carbonyl (C=O) groups is 2. The van der Waals surface area contributed by atoms with E-state index >= 15 is 0 Å². The van der Waals surface area contributed by atoms with Crippen molar-refractivity contribution in [2.75, 3.05) is 19.6 Å². The van der Waals surface area contributed by atoms with Crippen LogP contribution in [0.2, 0.25) is 0 Å². The Morgan fingerprint density at radius 1 is 1.37 bits per heavy atom. The van der Waals surface area contributed by atoms with Crippen molar-refractivity contribution < 1.29 is 14.3 Å². The SMILES string of the molecule is CC(C)(C)OC(=O)NCCNC1CCCCNC1=O. The molecule has 6 nitrogen and oxygen atoms in total. The first-order valence-electron chi connectivity index (χ1n) is 6.86. The van der Waals surface area contributed by atoms with Gasteiger partial charge in [0.25, 0.3) is 0 Å². The van der Waals surface area contributed by atoms with Crippen molar-refractivity contribution in [1.82, 2.24) is 16.0 Å². The van der Waals surface area contributed by atoms with Crippen molar-refractivity contribution in [3.05, 3.63) is 0 Å². The van der Waals surface area contributed by atoms with E-state index in [-0.39, 0.29) is 11.9 Å². The fourth-order valence-corrected chi connectivity index (χ4v) is 1.86. The summed E-state index contributed by atoms with van der Waals surface area (Å²) in [5.41, 5.74) is -0.487. The first-order chi connectivity index (χ1) is 8.88. The van der Waals surface area contributed by atoms with Gasteiger partial charge in [-0.1, -0.05) is 0 Å². The molecule has 3 N–H and O–H groups in total. The average Bonchev–Trinajstić information content (AvgIpc) is 2.47. The highest BCUT2D eigenvalue weighted by Crippen LogP contribution is 2.06. The maximum absolute atomic E-state index is 11.6. The molecule has 19 heavy (non-hydrogen) atoms. The smallest absolute Gasteiger partial charge is 0.407 e. The molecule has 1 unspecified atom stereocenters. The number of hydrogen-bond donors (Lipinski definition) is 3. The van der Waals surface area contributed by atoms with Crippen LogP contribution in [0.4, 0.5) is 4.79 Å². The Labute approximate surface area is 114 Å². The molecule has 1 saturated heterocycles. The van der Waals surface area contributed by atoms with Crippen LogP contribution in [-0.4, -0.2) is 43.3 Å². The van der Waals surface area contributed by atoms with E-state index in [0.717, 1.165) is 25.8 Å². The Kier molecular flexibility index (Phi) is 6.08. The molecular formula is C13H25N3O3. The van der Waals surface area contributed by atoms with Gasteiger partial charge in [-0.25, -0.2) is 4.79 Å². The van der Waals surface area contributed by atoms with Crippen LogP contribution >= 0.6 is 0 Å². The first-order valence-corrected chi connectivity index (χ1v) is 6.86. The van der Waals surface area contributed by atoms with Gasteiger partial charge in [-0.15, -0.1) is 0 Å². The average molecular weight is 271 g/mol. The van der Waals surface area contributed by atoms with E-state index < -0.39 is 11.7 Å². The summed E-state index contributed by atoms with van der Waals surface area (Å²) < 4.78 is 5.11. The normalized spacial score (nSPS) is 20.4. The van der Waals surface area contributed by atoms with E-state index in [4.69, 9.17) is 4.74 Å². The summed E-state index contributed by atoms with van der Waals surface area (Å²) in [6, 6.07) is -0.150. The summed E-state index contributed by atoms with van der Waals surface area (Å²) in [4.78, 5) is 23.0. The molecular weight excluding hydrogens is 246 g/mol. The van der Waals surface area contributed by atoms with Gasteiger partial charge < -0.3 is 20.7 Å². The van der Waals surface area contributed by atoms with Crippen molar-refractivity contribution in [2.24, 2.45) is 0 Å². The van der Waals surface area contributed by atoms with Crippen LogP contribution in [-0.2, 0) is 9.53 Å². The third-order valence-corrected chi connectivity index (χ3v) is 2.72. The van der Waals surface area contributed by atoms with Crippen molar-refractivity contribution in [1.29, 1.82) is 0 Å². The van der Waals surface area contributed by atoms with Crippen molar-refractivity contribution in [2.45, 2.75) is 51.7 Å². The largest absolute Gasteiger partial charge is 0.444 e. The van der Waals surface area contributed by atoms with Gasteiger partial charge in [0.15, 0.2) is 0 Å². The van der Waals surface area contributed by atoms with E-state index in [1.54, 1.807) is 0 Å². The lowest BCUT2D eigenvalue weighted by Crippen LogP contribution is -2.45. The zero-order chi connectivity index (χ0) is 14.3. The number of hydrogen-bond acceptors (Lipinski definition) is 4. The lowest BCUT2D eigenvalue weighted by Gasteiger charge is -2.20. The second kappa shape index (κ2) is 7.33. The van der Waals surface area contributed by atoms with Crippen LogP contribution in [0.5, 0.6) is 0 Å². The fourth-order valence-electron chi connectivity index (χ4n) is 1.86. The van der Waals surface area contributed by atoms with Gasteiger partial charge in [-0.05, 0) is 40.0 Å². The summed E-state index contributed by atoms with van der Waals surface area (Å²) >= 11 is 0. The third-order valence-electron chi connectivity index (χ3n) is 2.72. The molecule has 0 radical (unpaired) electrons. The summed E-state index contributed by atoms with van der Waals surface area (Å²) in [7, 11) is 0. The Morgan fingerprint density at radius 3 is 2.79 bits per heavy atom. The molecule has 1 aliphatic rings. The van der Waals surface area contributed by atoms with Gasteiger partial charge in [0, 0.05) is 19.6 Å². The lowest BCUT2D eigenvalue weighted by molar-refractivity contribution is -0.122. The molecule has 0 aliphatic carbocycles. The highest BCUT2D eigenvalue weighted by atomic mass is 16.6. The van der Waals surface area contributed by atoms with Crippen molar-refractivity contribution >= 4 is 12.0 Å². The Balaban J connectivity index is 2.16. The monoisotopic (exact) mass is 271 g/mol. The molecule has 0 saturated carbocycles. The summed E-state index contributed by atoms with van der Waals surface area (Å²) in [5, 5.41) is 8.66. The zero-order valence-corrected chi connectivity index (χ0v) is 12.0. The van der Waals surface area contributed by atoms with E-state index in [0.29, 0.717) is 13.1 Å². The predicted molar refractivity (Wildman–Crippen MR) is 72.9 cm³/mol. The molecule has 110 valence electrons. The number of carbonyl (C=O) groups excluding carboxylic acids is 2. The minimum absolute atomic E-state index is 0.0507. The van der Waals surface area contributed by atoms with Crippen LogP contribution < -0.4 is 16.0 Å². The quantitative estimate of drug-likeness (QED) is 0.660. The van der Waals surface area contributed by atoms with E-state index in [9.17, 15) is 9.59 Å². The van der Waals surface area contributed by atoms with Gasteiger partial charge >= 0.3 is 6.09 Å². The fraction of sp³-hybridized carbons (Fsp3) is 0.846. The van der Waals surface area contributed by atoms with E-state index in [2.05, 4.69) is 16.0 Å². The highest BCUT2D eigenvalue weighted by molar-refractivity contribution is 5.81. The first kappa shape index (κ1) is 15.8. The molecule has 6 heteroatoms.